The number of thiazole rings is 1. The Hall–Kier alpha value is -3.19. The Morgan fingerprint density at radius 2 is 1.97 bits per heavy atom. The first kappa shape index (κ1) is 20.1. The Balaban J connectivity index is 1.35. The number of aryl methyl sites for hydroxylation is 3. The van der Waals surface area contributed by atoms with Crippen LogP contribution in [0, 0.1) is 20.8 Å². The van der Waals surface area contributed by atoms with E-state index in [-0.39, 0.29) is 5.91 Å². The van der Waals surface area contributed by atoms with Crippen molar-refractivity contribution in [2.75, 3.05) is 6.54 Å². The summed E-state index contributed by atoms with van der Waals surface area (Å²) in [6, 6.07) is 12.0. The lowest BCUT2D eigenvalue weighted by molar-refractivity contribution is 0.0952. The van der Waals surface area contributed by atoms with E-state index < -0.39 is 0 Å². The summed E-state index contributed by atoms with van der Waals surface area (Å²) in [6.45, 7) is 6.61. The average Bonchev–Trinajstić information content (AvgIpc) is 3.46. The minimum atomic E-state index is -0.0393. The number of aromatic nitrogens is 4. The molecular formula is C23H25N5OS. The molecule has 1 N–H and O–H groups in total. The molecular weight excluding hydrogens is 394 g/mol. The minimum Gasteiger partial charge on any atom is -0.352 e. The molecule has 0 aliphatic rings. The van der Waals surface area contributed by atoms with Crippen LogP contribution in [-0.4, -0.2) is 31.8 Å². The monoisotopic (exact) mass is 419 g/mol. The zero-order valence-corrected chi connectivity index (χ0v) is 18.2. The molecule has 0 saturated carbocycles. The van der Waals surface area contributed by atoms with Crippen molar-refractivity contribution in [2.24, 2.45) is 0 Å². The Morgan fingerprint density at radius 3 is 2.70 bits per heavy atom. The van der Waals surface area contributed by atoms with Crippen molar-refractivity contribution < 1.29 is 4.79 Å². The van der Waals surface area contributed by atoms with Gasteiger partial charge in [0.1, 0.15) is 0 Å². The molecule has 0 spiro atoms. The standard InChI is InChI=1S/C23H25N5OS/c1-16-14-21(18(3)28(16)23-25-12-13-30-23)22(29)24-11-7-8-19-15-27(26-17(19)2)20-9-5-4-6-10-20/h4-6,9-10,12-15H,7-8,11H2,1-3H3,(H,24,29). The summed E-state index contributed by atoms with van der Waals surface area (Å²) in [5.74, 6) is -0.0393. The first-order chi connectivity index (χ1) is 14.5. The van der Waals surface area contributed by atoms with Crippen LogP contribution in [-0.2, 0) is 6.42 Å². The van der Waals surface area contributed by atoms with Crippen molar-refractivity contribution in [2.45, 2.75) is 33.6 Å². The minimum absolute atomic E-state index is 0.0393. The number of carbonyl (C=O) groups is 1. The molecule has 1 aromatic carbocycles. The lowest BCUT2D eigenvalue weighted by Gasteiger charge is -2.07. The van der Waals surface area contributed by atoms with E-state index in [1.165, 1.54) is 5.56 Å². The number of para-hydroxylation sites is 1. The van der Waals surface area contributed by atoms with Gasteiger partial charge in [0.15, 0.2) is 5.13 Å². The smallest absolute Gasteiger partial charge is 0.253 e. The number of hydrogen-bond donors (Lipinski definition) is 1. The van der Waals surface area contributed by atoms with E-state index in [1.807, 2.05) is 71.8 Å². The first-order valence-electron chi connectivity index (χ1n) is 10.0. The Bertz CT molecular complexity index is 1140. The van der Waals surface area contributed by atoms with E-state index in [2.05, 4.69) is 21.6 Å². The maximum atomic E-state index is 12.7. The SMILES string of the molecule is Cc1nn(-c2ccccc2)cc1CCCNC(=O)c1cc(C)n(-c2nccs2)c1C. The second kappa shape index (κ2) is 8.67. The van der Waals surface area contributed by atoms with Crippen LogP contribution in [0.1, 0.15) is 39.4 Å². The van der Waals surface area contributed by atoms with E-state index >= 15 is 0 Å². The molecule has 154 valence electrons. The van der Waals surface area contributed by atoms with Gasteiger partial charge < -0.3 is 5.32 Å². The van der Waals surface area contributed by atoms with Gasteiger partial charge in [-0.05, 0) is 57.4 Å². The van der Waals surface area contributed by atoms with E-state index in [4.69, 9.17) is 0 Å². The highest BCUT2D eigenvalue weighted by atomic mass is 32.1. The van der Waals surface area contributed by atoms with Crippen LogP contribution in [0.25, 0.3) is 10.8 Å². The van der Waals surface area contributed by atoms with Crippen LogP contribution < -0.4 is 5.32 Å². The third-order valence-corrected chi connectivity index (χ3v) is 5.97. The van der Waals surface area contributed by atoms with Crippen LogP contribution in [0.15, 0.2) is 54.2 Å². The number of rotatable bonds is 7. The van der Waals surface area contributed by atoms with Crippen LogP contribution in [0.2, 0.25) is 0 Å². The highest BCUT2D eigenvalue weighted by molar-refractivity contribution is 7.12. The topological polar surface area (TPSA) is 64.7 Å². The van der Waals surface area contributed by atoms with Gasteiger partial charge in [-0.15, -0.1) is 11.3 Å². The summed E-state index contributed by atoms with van der Waals surface area (Å²) in [4.78, 5) is 17.1. The molecule has 3 aromatic heterocycles. The van der Waals surface area contributed by atoms with Crippen molar-refractivity contribution in [1.29, 1.82) is 0 Å². The molecule has 4 rings (SSSR count). The van der Waals surface area contributed by atoms with Gasteiger partial charge in [-0.1, -0.05) is 18.2 Å². The second-order valence-corrected chi connectivity index (χ2v) is 8.19. The van der Waals surface area contributed by atoms with Crippen molar-refractivity contribution >= 4 is 17.2 Å². The Kier molecular flexibility index (Phi) is 5.81. The normalized spacial score (nSPS) is 11.0. The van der Waals surface area contributed by atoms with Crippen molar-refractivity contribution in [3.8, 4) is 10.8 Å². The molecule has 30 heavy (non-hydrogen) atoms. The van der Waals surface area contributed by atoms with E-state index in [0.29, 0.717) is 12.1 Å². The molecule has 0 unspecified atom stereocenters. The summed E-state index contributed by atoms with van der Waals surface area (Å²) >= 11 is 1.56. The van der Waals surface area contributed by atoms with E-state index in [0.717, 1.165) is 40.7 Å². The van der Waals surface area contributed by atoms with Gasteiger partial charge in [0, 0.05) is 35.7 Å². The molecule has 0 aliphatic carbocycles. The number of hydrogen-bond acceptors (Lipinski definition) is 4. The summed E-state index contributed by atoms with van der Waals surface area (Å²) in [5, 5.41) is 10.5. The summed E-state index contributed by atoms with van der Waals surface area (Å²) in [6.07, 6.45) is 5.59. The third-order valence-electron chi connectivity index (χ3n) is 5.22. The predicted molar refractivity (Wildman–Crippen MR) is 120 cm³/mol. The van der Waals surface area contributed by atoms with Crippen molar-refractivity contribution in [3.63, 3.8) is 0 Å². The number of nitrogens with zero attached hydrogens (tertiary/aromatic N) is 4. The largest absolute Gasteiger partial charge is 0.352 e. The maximum Gasteiger partial charge on any atom is 0.253 e. The van der Waals surface area contributed by atoms with Crippen molar-refractivity contribution in [3.05, 3.63) is 82.4 Å². The zero-order chi connectivity index (χ0) is 21.1. The van der Waals surface area contributed by atoms with Gasteiger partial charge in [0.25, 0.3) is 5.91 Å². The maximum absolute atomic E-state index is 12.7. The van der Waals surface area contributed by atoms with Gasteiger partial charge in [0.05, 0.1) is 16.9 Å². The number of amides is 1. The molecule has 3 heterocycles. The lowest BCUT2D eigenvalue weighted by atomic mass is 10.1. The highest BCUT2D eigenvalue weighted by Gasteiger charge is 2.17. The number of carbonyl (C=O) groups excluding carboxylic acids is 1. The quantitative estimate of drug-likeness (QED) is 0.451. The molecule has 0 bridgehead atoms. The van der Waals surface area contributed by atoms with Gasteiger partial charge in [-0.25, -0.2) is 9.67 Å². The third kappa shape index (κ3) is 4.07. The summed E-state index contributed by atoms with van der Waals surface area (Å²) in [7, 11) is 0. The summed E-state index contributed by atoms with van der Waals surface area (Å²) < 4.78 is 3.94. The van der Waals surface area contributed by atoms with Crippen LogP contribution in [0.5, 0.6) is 0 Å². The molecule has 6 nitrogen and oxygen atoms in total. The average molecular weight is 420 g/mol. The molecule has 0 radical (unpaired) electrons. The molecule has 0 saturated heterocycles. The predicted octanol–water partition coefficient (Wildman–Crippen LogP) is 4.41. The van der Waals surface area contributed by atoms with Crippen LogP contribution >= 0.6 is 11.3 Å². The molecule has 7 heteroatoms. The van der Waals surface area contributed by atoms with Crippen LogP contribution in [0.3, 0.4) is 0 Å². The Morgan fingerprint density at radius 1 is 1.17 bits per heavy atom. The van der Waals surface area contributed by atoms with Crippen LogP contribution in [0.4, 0.5) is 0 Å². The number of benzene rings is 1. The Labute approximate surface area is 180 Å². The highest BCUT2D eigenvalue weighted by Crippen LogP contribution is 2.22. The zero-order valence-electron chi connectivity index (χ0n) is 17.4. The molecule has 0 aliphatic heterocycles. The van der Waals surface area contributed by atoms with Crippen molar-refractivity contribution in [1.82, 2.24) is 24.6 Å². The summed E-state index contributed by atoms with van der Waals surface area (Å²) in [5.41, 5.74) is 5.91. The lowest BCUT2D eigenvalue weighted by Crippen LogP contribution is -2.25. The van der Waals surface area contributed by atoms with E-state index in [9.17, 15) is 4.79 Å². The first-order valence-corrected chi connectivity index (χ1v) is 10.9. The van der Waals surface area contributed by atoms with Gasteiger partial charge in [-0.3, -0.25) is 9.36 Å². The molecule has 4 aromatic rings. The van der Waals surface area contributed by atoms with E-state index in [1.54, 1.807) is 17.5 Å². The van der Waals surface area contributed by atoms with Gasteiger partial charge >= 0.3 is 0 Å². The second-order valence-electron chi connectivity index (χ2n) is 7.31. The molecule has 0 atom stereocenters. The fourth-order valence-electron chi connectivity index (χ4n) is 3.64. The molecule has 1 amide bonds. The van der Waals surface area contributed by atoms with Gasteiger partial charge in [0.2, 0.25) is 0 Å². The van der Waals surface area contributed by atoms with Gasteiger partial charge in [-0.2, -0.15) is 5.10 Å². The number of nitrogens with one attached hydrogen (secondary N) is 1. The molecule has 0 fully saturated rings. The fraction of sp³-hybridized carbons (Fsp3) is 0.261. The fourth-order valence-corrected chi connectivity index (χ4v) is 4.40.